The van der Waals surface area contributed by atoms with Crippen LogP contribution in [0.1, 0.15) is 24.9 Å². The van der Waals surface area contributed by atoms with Gasteiger partial charge in [0.1, 0.15) is 5.82 Å². The van der Waals surface area contributed by atoms with Crippen LogP contribution in [0.3, 0.4) is 0 Å². The largest absolute Gasteiger partial charge is 0.340 e. The van der Waals surface area contributed by atoms with E-state index in [4.69, 9.17) is 4.99 Å². The molecule has 0 radical (unpaired) electrons. The highest BCUT2D eigenvalue weighted by Crippen LogP contribution is 2.40. The maximum atomic E-state index is 13.5. The van der Waals surface area contributed by atoms with Gasteiger partial charge in [-0.25, -0.2) is 14.2 Å². The van der Waals surface area contributed by atoms with Crippen LogP contribution in [-0.4, -0.2) is 34.3 Å². The summed E-state index contributed by atoms with van der Waals surface area (Å²) in [4.78, 5) is 32.8. The first-order valence-corrected chi connectivity index (χ1v) is 13.0. The van der Waals surface area contributed by atoms with Crippen LogP contribution in [0.15, 0.2) is 95.1 Å². The van der Waals surface area contributed by atoms with Crippen LogP contribution in [0.5, 0.6) is 0 Å². The Kier molecular flexibility index (Phi) is 7.23. The summed E-state index contributed by atoms with van der Waals surface area (Å²) < 4.78 is 13.4. The summed E-state index contributed by atoms with van der Waals surface area (Å²) in [5.74, 6) is 0.372. The number of amides is 3. The van der Waals surface area contributed by atoms with E-state index in [2.05, 4.69) is 20.9 Å². The van der Waals surface area contributed by atoms with E-state index >= 15 is 0 Å². The van der Waals surface area contributed by atoms with Gasteiger partial charge in [-0.1, -0.05) is 48.2 Å². The second-order valence-electron chi connectivity index (χ2n) is 8.72. The topological polar surface area (TPSA) is 85.8 Å². The van der Waals surface area contributed by atoms with E-state index in [9.17, 15) is 14.0 Å². The lowest BCUT2D eigenvalue weighted by atomic mass is 9.93. The third-order valence-electron chi connectivity index (χ3n) is 6.10. The van der Waals surface area contributed by atoms with Crippen molar-refractivity contribution in [2.45, 2.75) is 19.4 Å². The molecule has 37 heavy (non-hydrogen) atoms. The van der Waals surface area contributed by atoms with E-state index in [1.807, 2.05) is 49.4 Å². The summed E-state index contributed by atoms with van der Waals surface area (Å²) >= 11 is 1.70. The van der Waals surface area contributed by atoms with Gasteiger partial charge < -0.3 is 20.9 Å². The number of carbonyl (C=O) groups is 2. The van der Waals surface area contributed by atoms with Gasteiger partial charge in [0.2, 0.25) is 0 Å². The van der Waals surface area contributed by atoms with Gasteiger partial charge in [0.25, 0.3) is 5.91 Å². The summed E-state index contributed by atoms with van der Waals surface area (Å²) in [7, 11) is 0. The molecule has 1 unspecified atom stereocenters. The normalized spacial score (nSPS) is 17.0. The van der Waals surface area contributed by atoms with Gasteiger partial charge in [-0.15, -0.1) is 0 Å². The number of nitrogens with zero attached hydrogens (tertiary/aromatic N) is 2. The monoisotopic (exact) mass is 515 g/mol. The lowest BCUT2D eigenvalue weighted by Gasteiger charge is -2.40. The molecule has 0 saturated carbocycles. The average molecular weight is 516 g/mol. The van der Waals surface area contributed by atoms with Crippen LogP contribution >= 0.6 is 11.8 Å². The zero-order valence-corrected chi connectivity index (χ0v) is 21.0. The van der Waals surface area contributed by atoms with E-state index in [-0.39, 0.29) is 11.9 Å². The first-order chi connectivity index (χ1) is 18.0. The summed E-state index contributed by atoms with van der Waals surface area (Å²) in [6.07, 6.45) is 0.993. The van der Waals surface area contributed by atoms with E-state index < -0.39 is 11.8 Å². The van der Waals surface area contributed by atoms with Crippen molar-refractivity contribution in [3.05, 3.63) is 102 Å². The van der Waals surface area contributed by atoms with Crippen molar-refractivity contribution < 1.29 is 14.0 Å². The number of rotatable bonds is 5. The Balaban J connectivity index is 1.38. The highest BCUT2D eigenvalue weighted by Gasteiger charge is 2.37. The molecule has 2 heterocycles. The first-order valence-electron chi connectivity index (χ1n) is 12.0. The SMILES string of the molecule is CC1=C(C(=O)Nc2ccccc2)C(c2ccc(NC(=O)Nc3cccc(F)c3)cc2)N2CCCSC2=N1. The number of amidine groups is 1. The summed E-state index contributed by atoms with van der Waals surface area (Å²) in [6, 6.07) is 21.7. The number of hydrogen-bond donors (Lipinski definition) is 3. The molecule has 3 N–H and O–H groups in total. The summed E-state index contributed by atoms with van der Waals surface area (Å²) in [6.45, 7) is 2.67. The maximum absolute atomic E-state index is 13.5. The highest BCUT2D eigenvalue weighted by atomic mass is 32.2. The van der Waals surface area contributed by atoms with Crippen LogP contribution in [0.4, 0.5) is 26.2 Å². The number of benzene rings is 3. The standard InChI is InChI=1S/C28H26FN5O2S/c1-18-24(26(35)31-21-8-3-2-4-9-21)25(34-15-6-16-37-28(34)30-18)19-11-13-22(14-12-19)32-27(36)33-23-10-5-7-20(29)17-23/h2-5,7-14,17,25H,6,15-16H2,1H3,(H,31,35)(H2,32,33,36). The van der Waals surface area contributed by atoms with E-state index in [0.717, 1.165) is 35.1 Å². The Morgan fingerprint density at radius 3 is 2.38 bits per heavy atom. The molecular formula is C28H26FN5O2S. The number of anilines is 3. The number of nitrogens with one attached hydrogen (secondary N) is 3. The Morgan fingerprint density at radius 1 is 0.919 bits per heavy atom. The predicted octanol–water partition coefficient (Wildman–Crippen LogP) is 6.23. The van der Waals surface area contributed by atoms with Gasteiger partial charge in [-0.05, 0) is 61.4 Å². The molecule has 0 spiro atoms. The van der Waals surface area contributed by atoms with Gasteiger partial charge in [0.05, 0.1) is 17.3 Å². The second-order valence-corrected chi connectivity index (χ2v) is 9.79. The van der Waals surface area contributed by atoms with Crippen molar-refractivity contribution in [3.8, 4) is 0 Å². The van der Waals surface area contributed by atoms with Crippen molar-refractivity contribution in [1.82, 2.24) is 4.90 Å². The van der Waals surface area contributed by atoms with Gasteiger partial charge in [0.15, 0.2) is 5.17 Å². The van der Waals surface area contributed by atoms with Gasteiger partial charge >= 0.3 is 6.03 Å². The van der Waals surface area contributed by atoms with Crippen molar-refractivity contribution >= 4 is 45.9 Å². The number of thioether (sulfide) groups is 1. The van der Waals surface area contributed by atoms with Crippen LogP contribution in [0.2, 0.25) is 0 Å². The fourth-order valence-corrected chi connectivity index (χ4v) is 5.45. The number of urea groups is 1. The molecule has 3 aromatic carbocycles. The number of hydrogen-bond acceptors (Lipinski definition) is 5. The van der Waals surface area contributed by atoms with E-state index in [1.165, 1.54) is 18.2 Å². The van der Waals surface area contributed by atoms with Gasteiger partial charge in [0, 0.05) is 29.4 Å². The lowest BCUT2D eigenvalue weighted by Crippen LogP contribution is -2.43. The van der Waals surface area contributed by atoms with Gasteiger partial charge in [-0.3, -0.25) is 4.79 Å². The fraction of sp³-hybridized carbons (Fsp3) is 0.179. The fourth-order valence-electron chi connectivity index (χ4n) is 4.43. The number of aliphatic imine (C=N–C) groups is 1. The Morgan fingerprint density at radius 2 is 1.62 bits per heavy atom. The first kappa shape index (κ1) is 24.6. The van der Waals surface area contributed by atoms with Crippen LogP contribution in [0.25, 0.3) is 0 Å². The lowest BCUT2D eigenvalue weighted by molar-refractivity contribution is -0.113. The van der Waals surface area contributed by atoms with Crippen molar-refractivity contribution in [3.63, 3.8) is 0 Å². The number of para-hydroxylation sites is 1. The zero-order valence-electron chi connectivity index (χ0n) is 20.2. The van der Waals surface area contributed by atoms with Gasteiger partial charge in [-0.2, -0.15) is 0 Å². The quantitative estimate of drug-likeness (QED) is 0.376. The molecular weight excluding hydrogens is 489 g/mol. The molecule has 2 aliphatic heterocycles. The molecule has 188 valence electrons. The minimum absolute atomic E-state index is 0.191. The third kappa shape index (κ3) is 5.67. The molecule has 2 aliphatic rings. The second kappa shape index (κ2) is 10.9. The number of carbonyl (C=O) groups excluding carboxylic acids is 2. The van der Waals surface area contributed by atoms with E-state index in [0.29, 0.717) is 22.6 Å². The van der Waals surface area contributed by atoms with Crippen molar-refractivity contribution in [2.24, 2.45) is 4.99 Å². The zero-order chi connectivity index (χ0) is 25.8. The molecule has 0 aliphatic carbocycles. The van der Waals surface area contributed by atoms with Crippen LogP contribution in [-0.2, 0) is 4.79 Å². The average Bonchev–Trinajstić information content (AvgIpc) is 2.89. The number of allylic oxidation sites excluding steroid dienone is 1. The van der Waals surface area contributed by atoms with Crippen LogP contribution in [0, 0.1) is 5.82 Å². The Bertz CT molecular complexity index is 1370. The maximum Gasteiger partial charge on any atom is 0.323 e. The minimum Gasteiger partial charge on any atom is -0.340 e. The molecule has 0 aromatic heterocycles. The minimum atomic E-state index is -0.475. The third-order valence-corrected chi connectivity index (χ3v) is 7.18. The molecule has 5 rings (SSSR count). The molecule has 3 amide bonds. The molecule has 1 saturated heterocycles. The van der Waals surface area contributed by atoms with E-state index in [1.54, 1.807) is 30.0 Å². The summed E-state index contributed by atoms with van der Waals surface area (Å²) in [5.41, 5.74) is 3.86. The number of fused-ring (bicyclic) bond motifs is 1. The summed E-state index contributed by atoms with van der Waals surface area (Å²) in [5, 5.41) is 9.32. The smallest absolute Gasteiger partial charge is 0.323 e. The van der Waals surface area contributed by atoms with Crippen LogP contribution < -0.4 is 16.0 Å². The molecule has 1 atom stereocenters. The van der Waals surface area contributed by atoms with Crippen molar-refractivity contribution in [1.29, 1.82) is 0 Å². The Labute approximate surface area is 218 Å². The Hall–Kier alpha value is -4.11. The molecule has 9 heteroatoms. The van der Waals surface area contributed by atoms with Crippen molar-refractivity contribution in [2.75, 3.05) is 28.2 Å². The molecule has 0 bridgehead atoms. The molecule has 1 fully saturated rings. The highest BCUT2D eigenvalue weighted by molar-refractivity contribution is 8.13. The predicted molar refractivity (Wildman–Crippen MR) is 147 cm³/mol. The number of halogens is 1. The molecule has 7 nitrogen and oxygen atoms in total. The molecule has 3 aromatic rings.